The van der Waals surface area contributed by atoms with Gasteiger partial charge in [-0.2, -0.15) is 0 Å². The molecule has 156 valence electrons. The van der Waals surface area contributed by atoms with Gasteiger partial charge in [0, 0.05) is 26.2 Å². The predicted octanol–water partition coefficient (Wildman–Crippen LogP) is 3.38. The average molecular weight is 443 g/mol. The van der Waals surface area contributed by atoms with Gasteiger partial charge in [0.15, 0.2) is 5.82 Å². The molecule has 0 aliphatic rings. The molecule has 10 heteroatoms. The molecule has 1 N–H and O–H groups in total. The summed E-state index contributed by atoms with van der Waals surface area (Å²) in [5.41, 5.74) is 2.55. The molecule has 0 atom stereocenters. The molecule has 30 heavy (non-hydrogen) atoms. The minimum Gasteiger partial charge on any atom is -0.328 e. The van der Waals surface area contributed by atoms with E-state index in [1.54, 1.807) is 12.1 Å². The maximum Gasteiger partial charge on any atom is 0.242 e. The third-order valence-corrected chi connectivity index (χ3v) is 7.39. The normalized spacial score (nSPS) is 12.1. The minimum atomic E-state index is -3.50. The van der Waals surface area contributed by atoms with Gasteiger partial charge in [0.1, 0.15) is 5.82 Å². The lowest BCUT2D eigenvalue weighted by Crippen LogP contribution is -2.22. The summed E-state index contributed by atoms with van der Waals surface area (Å²) in [6, 6.07) is 14.9. The fourth-order valence-corrected chi connectivity index (χ4v) is 4.83. The molecule has 2 aromatic heterocycles. The zero-order chi connectivity index (χ0) is 21.3. The molecule has 2 heterocycles. The number of hydrogen-bond donors (Lipinski definition) is 1. The Balaban J connectivity index is 1.59. The van der Waals surface area contributed by atoms with Crippen molar-refractivity contribution in [3.63, 3.8) is 0 Å². The van der Waals surface area contributed by atoms with Crippen LogP contribution in [0, 0.1) is 0 Å². The average Bonchev–Trinajstić information content (AvgIpc) is 3.36. The molecule has 8 nitrogen and oxygen atoms in total. The number of H-pyrrole nitrogens is 1. The van der Waals surface area contributed by atoms with Crippen LogP contribution in [0.5, 0.6) is 0 Å². The van der Waals surface area contributed by atoms with Gasteiger partial charge in [-0.3, -0.25) is 5.10 Å². The highest BCUT2D eigenvalue weighted by atomic mass is 32.2. The molecule has 0 fully saturated rings. The zero-order valence-corrected chi connectivity index (χ0v) is 18.5. The molecule has 0 unspecified atom stereocenters. The Hall–Kier alpha value is -2.69. The Labute approximate surface area is 179 Å². The Bertz CT molecular complexity index is 1280. The third kappa shape index (κ3) is 3.85. The summed E-state index contributed by atoms with van der Waals surface area (Å²) in [5.74, 6) is 2.15. The number of fused-ring (bicyclic) bond motifs is 1. The first-order valence-corrected chi connectivity index (χ1v) is 11.8. The van der Waals surface area contributed by atoms with Gasteiger partial charge in [0.25, 0.3) is 0 Å². The van der Waals surface area contributed by atoms with Crippen LogP contribution in [0.1, 0.15) is 12.7 Å². The summed E-state index contributed by atoms with van der Waals surface area (Å²) in [6.45, 7) is 2.77. The molecule has 4 aromatic rings. The summed E-state index contributed by atoms with van der Waals surface area (Å²) in [6.07, 6.45) is 0. The highest BCUT2D eigenvalue weighted by Gasteiger charge is 2.19. The van der Waals surface area contributed by atoms with Crippen molar-refractivity contribution < 1.29 is 8.42 Å². The molecule has 4 rings (SSSR count). The van der Waals surface area contributed by atoms with Gasteiger partial charge in [0.2, 0.25) is 15.2 Å². The third-order valence-electron chi connectivity index (χ3n) is 4.74. The Morgan fingerprint density at radius 3 is 2.57 bits per heavy atom. The summed E-state index contributed by atoms with van der Waals surface area (Å²) < 4.78 is 28.2. The molecular weight excluding hydrogens is 420 g/mol. The van der Waals surface area contributed by atoms with Crippen LogP contribution >= 0.6 is 11.8 Å². The van der Waals surface area contributed by atoms with Crippen LogP contribution in [-0.2, 0) is 22.3 Å². The fraction of sp³-hybridized carbons (Fsp3) is 0.250. The molecule has 2 aromatic carbocycles. The quantitative estimate of drug-likeness (QED) is 0.441. The van der Waals surface area contributed by atoms with Crippen molar-refractivity contribution in [2.24, 2.45) is 0 Å². The van der Waals surface area contributed by atoms with Crippen molar-refractivity contribution >= 4 is 32.8 Å². The van der Waals surface area contributed by atoms with Crippen molar-refractivity contribution in [1.29, 1.82) is 0 Å². The van der Waals surface area contributed by atoms with Crippen LogP contribution in [-0.4, -0.2) is 51.6 Å². The van der Waals surface area contributed by atoms with E-state index in [2.05, 4.69) is 19.7 Å². The number of nitrogens with one attached hydrogen (secondary N) is 1. The van der Waals surface area contributed by atoms with Crippen molar-refractivity contribution in [3.05, 3.63) is 54.4 Å². The van der Waals surface area contributed by atoms with E-state index in [0.717, 1.165) is 29.3 Å². The van der Waals surface area contributed by atoms with E-state index in [9.17, 15) is 8.42 Å². The number of benzene rings is 2. The van der Waals surface area contributed by atoms with Gasteiger partial charge in [-0.15, -0.1) is 5.10 Å². The monoisotopic (exact) mass is 442 g/mol. The molecule has 0 radical (unpaired) electrons. The first kappa shape index (κ1) is 20.6. The largest absolute Gasteiger partial charge is 0.328 e. The van der Waals surface area contributed by atoms with Gasteiger partial charge in [-0.25, -0.2) is 22.7 Å². The van der Waals surface area contributed by atoms with Gasteiger partial charge < -0.3 is 4.57 Å². The van der Waals surface area contributed by atoms with Crippen LogP contribution in [0.3, 0.4) is 0 Å². The van der Waals surface area contributed by atoms with Gasteiger partial charge in [-0.1, -0.05) is 42.1 Å². The van der Waals surface area contributed by atoms with Crippen molar-refractivity contribution in [2.45, 2.75) is 29.3 Å². The lowest BCUT2D eigenvalue weighted by Gasteiger charge is -2.11. The number of nitrogens with zero attached hydrogens (tertiary/aromatic N) is 5. The van der Waals surface area contributed by atoms with Gasteiger partial charge in [-0.05, 0) is 25.1 Å². The van der Waals surface area contributed by atoms with Crippen LogP contribution in [0.15, 0.2) is 58.6 Å². The number of imidazole rings is 1. The lowest BCUT2D eigenvalue weighted by atomic mass is 10.2. The molecule has 0 amide bonds. The predicted molar refractivity (Wildman–Crippen MR) is 118 cm³/mol. The highest BCUT2D eigenvalue weighted by Crippen LogP contribution is 2.26. The van der Waals surface area contributed by atoms with E-state index in [1.807, 2.05) is 43.3 Å². The number of aromatic nitrogens is 5. The van der Waals surface area contributed by atoms with E-state index in [1.165, 1.54) is 30.2 Å². The van der Waals surface area contributed by atoms with E-state index in [0.29, 0.717) is 16.4 Å². The molecular formula is C20H22N6O2S2. The molecule has 0 saturated heterocycles. The van der Waals surface area contributed by atoms with Crippen LogP contribution in [0.4, 0.5) is 0 Å². The van der Waals surface area contributed by atoms with Gasteiger partial charge >= 0.3 is 0 Å². The smallest absolute Gasteiger partial charge is 0.242 e. The zero-order valence-electron chi connectivity index (χ0n) is 16.9. The summed E-state index contributed by atoms with van der Waals surface area (Å²) in [4.78, 5) is 9.47. The molecule has 0 bridgehead atoms. The number of aromatic amines is 1. The maximum atomic E-state index is 12.4. The Morgan fingerprint density at radius 1 is 1.10 bits per heavy atom. The van der Waals surface area contributed by atoms with E-state index >= 15 is 0 Å². The van der Waals surface area contributed by atoms with Crippen molar-refractivity contribution in [1.82, 2.24) is 29.0 Å². The minimum absolute atomic E-state index is 0.237. The fourth-order valence-electron chi connectivity index (χ4n) is 3.16. The van der Waals surface area contributed by atoms with Crippen molar-refractivity contribution in [2.75, 3.05) is 14.1 Å². The molecule has 0 aliphatic heterocycles. The number of thioether (sulfide) groups is 1. The van der Waals surface area contributed by atoms with E-state index < -0.39 is 10.0 Å². The standard InChI is InChI=1S/C20H22N6O2S2/c1-4-26-17-11-10-15(30(27,28)25(2)3)12-16(17)21-18(26)13-29-20-22-19(23-24-20)14-8-6-5-7-9-14/h5-12H,4,13H2,1-3H3,(H,22,23,24). The number of sulfonamides is 1. The SMILES string of the molecule is CCn1c(CSc2n[nH]c(-c3ccccc3)n2)nc2cc(S(=O)(=O)N(C)C)ccc21. The van der Waals surface area contributed by atoms with Gasteiger partial charge in [0.05, 0.1) is 21.7 Å². The molecule has 0 aliphatic carbocycles. The Morgan fingerprint density at radius 2 is 1.87 bits per heavy atom. The van der Waals surface area contributed by atoms with E-state index in [-0.39, 0.29) is 4.90 Å². The highest BCUT2D eigenvalue weighted by molar-refractivity contribution is 7.98. The second kappa shape index (κ2) is 8.21. The molecule has 0 spiro atoms. The van der Waals surface area contributed by atoms with Crippen LogP contribution < -0.4 is 0 Å². The Kier molecular flexibility index (Phi) is 5.63. The second-order valence-corrected chi connectivity index (χ2v) is 9.93. The first-order valence-electron chi connectivity index (χ1n) is 9.42. The second-order valence-electron chi connectivity index (χ2n) is 6.83. The summed E-state index contributed by atoms with van der Waals surface area (Å²) in [5, 5.41) is 7.89. The van der Waals surface area contributed by atoms with Crippen molar-refractivity contribution in [3.8, 4) is 11.4 Å². The maximum absolute atomic E-state index is 12.4. The number of rotatable bonds is 7. The first-order chi connectivity index (χ1) is 14.4. The van der Waals surface area contributed by atoms with Crippen LogP contribution in [0.25, 0.3) is 22.4 Å². The molecule has 0 saturated carbocycles. The van der Waals surface area contributed by atoms with E-state index in [4.69, 9.17) is 4.98 Å². The summed E-state index contributed by atoms with van der Waals surface area (Å²) in [7, 11) is -0.462. The number of hydrogen-bond acceptors (Lipinski definition) is 6. The summed E-state index contributed by atoms with van der Waals surface area (Å²) >= 11 is 1.49. The van der Waals surface area contributed by atoms with Crippen LogP contribution in [0.2, 0.25) is 0 Å². The number of aryl methyl sites for hydroxylation is 1. The topological polar surface area (TPSA) is 96.8 Å². The lowest BCUT2D eigenvalue weighted by molar-refractivity contribution is 0.521.